The summed E-state index contributed by atoms with van der Waals surface area (Å²) in [5.41, 5.74) is 0.843. The van der Waals surface area contributed by atoms with Gasteiger partial charge in [-0.05, 0) is 49.2 Å². The van der Waals surface area contributed by atoms with Gasteiger partial charge in [0.25, 0.3) is 11.7 Å². The lowest BCUT2D eigenvalue weighted by Gasteiger charge is -2.28. The number of hydrogen-bond donors (Lipinski definition) is 1. The highest BCUT2D eigenvalue weighted by Crippen LogP contribution is 2.45. The average Bonchev–Trinajstić information content (AvgIpc) is 3.50. The number of likely N-dealkylation sites (tertiary alicyclic amines) is 1. The Bertz CT molecular complexity index is 1180. The monoisotopic (exact) mass is 481 g/mol. The predicted octanol–water partition coefficient (Wildman–Crippen LogP) is 3.08. The first-order valence-electron chi connectivity index (χ1n) is 11.5. The molecule has 35 heavy (non-hydrogen) atoms. The van der Waals surface area contributed by atoms with Crippen molar-refractivity contribution in [3.05, 3.63) is 53.1 Å². The van der Waals surface area contributed by atoms with Crippen LogP contribution in [0.2, 0.25) is 0 Å². The summed E-state index contributed by atoms with van der Waals surface area (Å²) < 4.78 is 27.9. The molecule has 184 valence electrons. The molecule has 0 unspecified atom stereocenters. The molecule has 1 amide bonds. The van der Waals surface area contributed by atoms with Gasteiger partial charge < -0.3 is 33.7 Å². The van der Waals surface area contributed by atoms with E-state index < -0.39 is 17.7 Å². The lowest BCUT2D eigenvalue weighted by atomic mass is 9.94. The summed E-state index contributed by atoms with van der Waals surface area (Å²) in [6, 6.07) is 9.19. The Morgan fingerprint density at radius 1 is 1.03 bits per heavy atom. The third kappa shape index (κ3) is 4.16. The number of aliphatic hydroxyl groups is 1. The van der Waals surface area contributed by atoms with E-state index in [4.69, 9.17) is 23.7 Å². The summed E-state index contributed by atoms with van der Waals surface area (Å²) in [5, 5.41) is 11.4. The summed E-state index contributed by atoms with van der Waals surface area (Å²) >= 11 is 0. The van der Waals surface area contributed by atoms with Crippen molar-refractivity contribution in [3.8, 4) is 23.0 Å². The molecule has 0 bridgehead atoms. The maximum Gasteiger partial charge on any atom is 0.295 e. The molecule has 5 rings (SSSR count). The van der Waals surface area contributed by atoms with Crippen LogP contribution in [-0.4, -0.2) is 68.4 Å². The minimum absolute atomic E-state index is 0.0313. The molecule has 2 fully saturated rings. The van der Waals surface area contributed by atoms with Gasteiger partial charge in [-0.3, -0.25) is 9.59 Å². The summed E-state index contributed by atoms with van der Waals surface area (Å²) in [6.07, 6.45) is 1.48. The van der Waals surface area contributed by atoms with Crippen LogP contribution in [0, 0.1) is 0 Å². The number of ketones is 1. The van der Waals surface area contributed by atoms with Gasteiger partial charge in [0, 0.05) is 24.3 Å². The number of ether oxygens (including phenoxy) is 5. The summed E-state index contributed by atoms with van der Waals surface area (Å²) in [6.45, 7) is 1.64. The van der Waals surface area contributed by atoms with Crippen LogP contribution >= 0.6 is 0 Å². The van der Waals surface area contributed by atoms with Gasteiger partial charge in [0.1, 0.15) is 30.5 Å². The van der Waals surface area contributed by atoms with E-state index >= 15 is 0 Å². The molecule has 0 aliphatic carbocycles. The molecule has 1 N–H and O–H groups in total. The second kappa shape index (κ2) is 9.50. The number of amides is 1. The van der Waals surface area contributed by atoms with Gasteiger partial charge in [-0.25, -0.2) is 0 Å². The van der Waals surface area contributed by atoms with E-state index in [2.05, 4.69) is 0 Å². The molecule has 9 heteroatoms. The normalized spacial score (nSPS) is 23.0. The van der Waals surface area contributed by atoms with Crippen LogP contribution in [0.3, 0.4) is 0 Å². The number of nitrogens with zero attached hydrogens (tertiary/aromatic N) is 1. The van der Waals surface area contributed by atoms with Gasteiger partial charge in [0.05, 0.1) is 31.9 Å². The highest BCUT2D eigenvalue weighted by molar-refractivity contribution is 6.46. The van der Waals surface area contributed by atoms with Crippen molar-refractivity contribution in [1.29, 1.82) is 0 Å². The summed E-state index contributed by atoms with van der Waals surface area (Å²) in [4.78, 5) is 28.1. The van der Waals surface area contributed by atoms with Crippen molar-refractivity contribution in [1.82, 2.24) is 4.90 Å². The maximum absolute atomic E-state index is 13.4. The number of hydrogen-bond acceptors (Lipinski definition) is 8. The Morgan fingerprint density at radius 3 is 2.54 bits per heavy atom. The molecule has 2 aromatic rings. The number of carbonyl (C=O) groups excluding carboxylic acids is 2. The number of carbonyl (C=O) groups is 2. The number of aliphatic hydroxyl groups excluding tert-OH is 1. The Kier molecular flexibility index (Phi) is 6.25. The molecule has 0 spiro atoms. The molecule has 2 atom stereocenters. The van der Waals surface area contributed by atoms with Crippen LogP contribution in [-0.2, 0) is 14.3 Å². The molecule has 3 aliphatic heterocycles. The van der Waals surface area contributed by atoms with Crippen molar-refractivity contribution in [2.24, 2.45) is 0 Å². The third-order valence-electron chi connectivity index (χ3n) is 6.51. The first-order valence-corrected chi connectivity index (χ1v) is 11.5. The Balaban J connectivity index is 1.66. The van der Waals surface area contributed by atoms with Gasteiger partial charge in [0.2, 0.25) is 0 Å². The number of methoxy groups -OCH3 is 2. The van der Waals surface area contributed by atoms with E-state index in [1.807, 2.05) is 0 Å². The van der Waals surface area contributed by atoms with Crippen LogP contribution in [0.4, 0.5) is 0 Å². The predicted molar refractivity (Wildman–Crippen MR) is 125 cm³/mol. The van der Waals surface area contributed by atoms with Gasteiger partial charge >= 0.3 is 0 Å². The zero-order valence-electron chi connectivity index (χ0n) is 19.6. The molecule has 0 saturated carbocycles. The molecule has 0 aromatic heterocycles. The Hall–Kier alpha value is -3.72. The number of benzene rings is 2. The minimum Gasteiger partial charge on any atom is -0.507 e. The Morgan fingerprint density at radius 2 is 1.83 bits per heavy atom. The summed E-state index contributed by atoms with van der Waals surface area (Å²) in [5.74, 6) is 0.234. The lowest BCUT2D eigenvalue weighted by Crippen LogP contribution is -2.36. The van der Waals surface area contributed by atoms with Crippen LogP contribution in [0.25, 0.3) is 5.76 Å². The van der Waals surface area contributed by atoms with Crippen LogP contribution in [0.5, 0.6) is 23.0 Å². The molecule has 3 aliphatic rings. The maximum atomic E-state index is 13.4. The number of fused-ring (bicyclic) bond motifs is 1. The lowest BCUT2D eigenvalue weighted by molar-refractivity contribution is -0.140. The molecule has 0 radical (unpaired) electrons. The van der Waals surface area contributed by atoms with Crippen molar-refractivity contribution in [3.63, 3.8) is 0 Å². The summed E-state index contributed by atoms with van der Waals surface area (Å²) in [7, 11) is 3.04. The van der Waals surface area contributed by atoms with Gasteiger partial charge in [-0.1, -0.05) is 0 Å². The minimum atomic E-state index is -0.891. The first-order chi connectivity index (χ1) is 17.0. The van der Waals surface area contributed by atoms with Crippen LogP contribution < -0.4 is 18.9 Å². The topological polar surface area (TPSA) is 104 Å². The standard InChI is InChI=1S/C26H27NO8/c1-31-16-6-8-19(32-2)18(13-16)23-22(25(29)26(30)27(23)14-17-4-3-9-33-17)24(28)15-5-7-20-21(12-15)35-11-10-34-20/h5-8,12-13,17,23,28H,3-4,9-11,14H2,1-2H3/t17-,23-/m0/s1. The molecular formula is C26H27NO8. The van der Waals surface area contributed by atoms with Gasteiger partial charge in [-0.15, -0.1) is 0 Å². The average molecular weight is 482 g/mol. The van der Waals surface area contributed by atoms with Crippen molar-refractivity contribution in [2.45, 2.75) is 25.0 Å². The van der Waals surface area contributed by atoms with E-state index in [1.54, 1.807) is 36.4 Å². The fourth-order valence-corrected chi connectivity index (χ4v) is 4.80. The van der Waals surface area contributed by atoms with Crippen molar-refractivity contribution in [2.75, 3.05) is 40.6 Å². The fourth-order valence-electron chi connectivity index (χ4n) is 4.80. The second-order valence-corrected chi connectivity index (χ2v) is 8.55. The van der Waals surface area contributed by atoms with E-state index in [0.717, 1.165) is 12.8 Å². The Labute approximate surface area is 202 Å². The number of Topliss-reactive ketones (excluding diaryl/α,β-unsaturated/α-hetero) is 1. The molecule has 2 saturated heterocycles. The smallest absolute Gasteiger partial charge is 0.295 e. The fraction of sp³-hybridized carbons (Fsp3) is 0.385. The molecule has 2 aromatic carbocycles. The zero-order chi connectivity index (χ0) is 24.5. The van der Waals surface area contributed by atoms with Gasteiger partial charge in [0.15, 0.2) is 11.5 Å². The molecular weight excluding hydrogens is 454 g/mol. The SMILES string of the molecule is COc1ccc(OC)c([C@H]2C(=C(O)c3ccc4c(c3)OCCO4)C(=O)C(=O)N2C[C@@H]2CCCO2)c1. The van der Waals surface area contributed by atoms with Crippen molar-refractivity contribution >= 4 is 17.4 Å². The highest BCUT2D eigenvalue weighted by atomic mass is 16.6. The second-order valence-electron chi connectivity index (χ2n) is 8.55. The first kappa shape index (κ1) is 23.0. The third-order valence-corrected chi connectivity index (χ3v) is 6.51. The van der Waals surface area contributed by atoms with E-state index in [9.17, 15) is 14.7 Å². The van der Waals surface area contributed by atoms with E-state index in [-0.39, 0.29) is 24.0 Å². The van der Waals surface area contributed by atoms with Gasteiger partial charge in [-0.2, -0.15) is 0 Å². The van der Waals surface area contributed by atoms with E-state index in [0.29, 0.717) is 53.9 Å². The quantitative estimate of drug-likeness (QED) is 0.382. The number of rotatable bonds is 6. The highest BCUT2D eigenvalue weighted by Gasteiger charge is 2.48. The van der Waals surface area contributed by atoms with Crippen LogP contribution in [0.15, 0.2) is 42.0 Å². The van der Waals surface area contributed by atoms with Crippen molar-refractivity contribution < 1.29 is 38.4 Å². The molecule has 3 heterocycles. The van der Waals surface area contributed by atoms with E-state index in [1.165, 1.54) is 19.1 Å². The zero-order valence-corrected chi connectivity index (χ0v) is 19.6. The van der Waals surface area contributed by atoms with Crippen LogP contribution in [0.1, 0.15) is 30.0 Å². The molecule has 9 nitrogen and oxygen atoms in total. The largest absolute Gasteiger partial charge is 0.507 e.